The van der Waals surface area contributed by atoms with Gasteiger partial charge in [0.1, 0.15) is 24.0 Å². The molecular weight excluding hydrogens is 516 g/mol. The smallest absolute Gasteiger partial charge is 0.339 e. The second-order valence-corrected chi connectivity index (χ2v) is 9.45. The highest BCUT2D eigenvalue weighted by Crippen LogP contribution is 2.36. The molecule has 2 aliphatic rings. The van der Waals surface area contributed by atoms with Crippen LogP contribution in [-0.4, -0.2) is 61.2 Å². The quantitative estimate of drug-likeness (QED) is 0.284. The molecule has 5 atom stereocenters. The van der Waals surface area contributed by atoms with Gasteiger partial charge in [-0.2, -0.15) is 0 Å². The van der Waals surface area contributed by atoms with Crippen molar-refractivity contribution >= 4 is 34.8 Å². The minimum atomic E-state index is -1.40. The Morgan fingerprint density at radius 1 is 0.846 bits per heavy atom. The van der Waals surface area contributed by atoms with E-state index in [0.29, 0.717) is 23.1 Å². The molecule has 39 heavy (non-hydrogen) atoms. The number of carbonyl (C=O) groups excluding carboxylic acids is 4. The summed E-state index contributed by atoms with van der Waals surface area (Å²) in [7, 11) is 0. The van der Waals surface area contributed by atoms with Crippen LogP contribution in [0.3, 0.4) is 0 Å². The van der Waals surface area contributed by atoms with Crippen molar-refractivity contribution in [3.63, 3.8) is 0 Å². The predicted octanol–water partition coefficient (Wildman–Crippen LogP) is 2.05. The summed E-state index contributed by atoms with van der Waals surface area (Å²) in [6, 6.07) is 3.44. The molecule has 12 heteroatoms. The lowest BCUT2D eigenvalue weighted by Crippen LogP contribution is -2.63. The Morgan fingerprint density at radius 3 is 2.10 bits per heavy atom. The fraction of sp³-hybridized carbons (Fsp3) is 0.519. The van der Waals surface area contributed by atoms with Crippen LogP contribution in [0.5, 0.6) is 5.75 Å². The fourth-order valence-corrected chi connectivity index (χ4v) is 5.00. The van der Waals surface area contributed by atoms with E-state index in [1.54, 1.807) is 19.1 Å². The maximum atomic E-state index is 12.6. The summed E-state index contributed by atoms with van der Waals surface area (Å²) < 4.78 is 39.1. The third kappa shape index (κ3) is 6.06. The molecule has 0 unspecified atom stereocenters. The molecule has 1 aliphatic carbocycles. The molecule has 2 heterocycles. The molecule has 0 radical (unpaired) electrons. The van der Waals surface area contributed by atoms with Gasteiger partial charge in [-0.1, -0.05) is 0 Å². The lowest BCUT2D eigenvalue weighted by Gasteiger charge is -2.44. The monoisotopic (exact) mass is 546 g/mol. The SMILES string of the molecule is CC(=O)OC[C@H]1O[C@@H](Oc2ccc3c4c(c(=O)oc3c2C)CCC4)[C@H](OC(C)=O)[C@@H](OC(C)=O)[C@H]1OC(C)=O. The van der Waals surface area contributed by atoms with E-state index in [1.807, 2.05) is 0 Å². The molecule has 210 valence electrons. The number of carbonyl (C=O) groups is 4. The van der Waals surface area contributed by atoms with Gasteiger partial charge in [-0.05, 0) is 43.9 Å². The molecule has 0 N–H and O–H groups in total. The average molecular weight is 547 g/mol. The largest absolute Gasteiger partial charge is 0.463 e. The number of aryl methyl sites for hydroxylation is 2. The first kappa shape index (κ1) is 28.1. The highest BCUT2D eigenvalue weighted by Gasteiger charge is 2.53. The average Bonchev–Trinajstić information content (AvgIpc) is 3.34. The van der Waals surface area contributed by atoms with Crippen molar-refractivity contribution in [1.29, 1.82) is 0 Å². The van der Waals surface area contributed by atoms with E-state index < -0.39 is 60.2 Å². The molecular formula is C27H30O12. The first-order chi connectivity index (χ1) is 18.5. The number of ether oxygens (including phenoxy) is 6. The summed E-state index contributed by atoms with van der Waals surface area (Å²) >= 11 is 0. The molecule has 0 amide bonds. The summed E-state index contributed by atoms with van der Waals surface area (Å²) in [6.07, 6.45) is -4.31. The third-order valence-electron chi connectivity index (χ3n) is 6.53. The van der Waals surface area contributed by atoms with Gasteiger partial charge in [0, 0.05) is 44.2 Å². The van der Waals surface area contributed by atoms with Crippen LogP contribution in [0.2, 0.25) is 0 Å². The molecule has 1 fully saturated rings. The van der Waals surface area contributed by atoms with E-state index in [4.69, 9.17) is 32.8 Å². The Labute approximate surface area is 223 Å². The van der Waals surface area contributed by atoms with Crippen LogP contribution in [0.15, 0.2) is 21.3 Å². The first-order valence-corrected chi connectivity index (χ1v) is 12.5. The van der Waals surface area contributed by atoms with E-state index >= 15 is 0 Å². The zero-order valence-electron chi connectivity index (χ0n) is 22.3. The molecule has 1 aromatic heterocycles. The number of benzene rings is 1. The lowest BCUT2D eigenvalue weighted by molar-refractivity contribution is -0.288. The molecule has 0 spiro atoms. The van der Waals surface area contributed by atoms with Crippen molar-refractivity contribution in [2.45, 2.75) is 84.6 Å². The van der Waals surface area contributed by atoms with Crippen molar-refractivity contribution in [3.05, 3.63) is 39.2 Å². The van der Waals surface area contributed by atoms with Crippen molar-refractivity contribution in [2.75, 3.05) is 6.61 Å². The Kier molecular flexibility index (Phi) is 8.24. The van der Waals surface area contributed by atoms with Crippen LogP contribution in [0.4, 0.5) is 0 Å². The van der Waals surface area contributed by atoms with Gasteiger partial charge in [-0.15, -0.1) is 0 Å². The molecule has 1 aliphatic heterocycles. The topological polar surface area (TPSA) is 154 Å². The second-order valence-electron chi connectivity index (χ2n) is 9.45. The Morgan fingerprint density at radius 2 is 1.46 bits per heavy atom. The summed E-state index contributed by atoms with van der Waals surface area (Å²) in [6.45, 7) is 5.93. The van der Waals surface area contributed by atoms with Crippen molar-refractivity contribution < 1.29 is 52.0 Å². The van der Waals surface area contributed by atoms with Crippen LogP contribution in [0.1, 0.15) is 50.8 Å². The van der Waals surface area contributed by atoms with Gasteiger partial charge in [-0.25, -0.2) is 4.79 Å². The highest BCUT2D eigenvalue weighted by molar-refractivity contribution is 5.86. The van der Waals surface area contributed by atoms with Gasteiger partial charge in [0.05, 0.1) is 0 Å². The number of hydrogen-bond donors (Lipinski definition) is 0. The fourth-order valence-electron chi connectivity index (χ4n) is 5.00. The molecule has 1 aromatic carbocycles. The number of hydrogen-bond acceptors (Lipinski definition) is 12. The Balaban J connectivity index is 1.75. The van der Waals surface area contributed by atoms with Crippen molar-refractivity contribution in [2.24, 2.45) is 0 Å². The van der Waals surface area contributed by atoms with Crippen LogP contribution in [0, 0.1) is 6.92 Å². The molecule has 0 saturated carbocycles. The Hall–Kier alpha value is -3.93. The van der Waals surface area contributed by atoms with Gasteiger partial charge in [0.2, 0.25) is 12.4 Å². The van der Waals surface area contributed by atoms with Crippen molar-refractivity contribution in [3.8, 4) is 5.75 Å². The molecule has 0 bridgehead atoms. The van der Waals surface area contributed by atoms with E-state index in [-0.39, 0.29) is 12.4 Å². The predicted molar refractivity (Wildman–Crippen MR) is 132 cm³/mol. The van der Waals surface area contributed by atoms with Gasteiger partial charge in [0.15, 0.2) is 12.2 Å². The van der Waals surface area contributed by atoms with Gasteiger partial charge >= 0.3 is 29.5 Å². The van der Waals surface area contributed by atoms with Gasteiger partial charge < -0.3 is 32.8 Å². The summed E-state index contributed by atoms with van der Waals surface area (Å²) in [5, 5.41) is 0.800. The minimum Gasteiger partial charge on any atom is -0.463 e. The molecule has 4 rings (SSSR count). The summed E-state index contributed by atoms with van der Waals surface area (Å²) in [5.41, 5.74) is 2.07. The first-order valence-electron chi connectivity index (χ1n) is 12.5. The highest BCUT2D eigenvalue weighted by atomic mass is 16.7. The zero-order chi connectivity index (χ0) is 28.4. The molecule has 12 nitrogen and oxygen atoms in total. The maximum absolute atomic E-state index is 12.6. The number of esters is 4. The van der Waals surface area contributed by atoms with E-state index in [2.05, 4.69) is 0 Å². The van der Waals surface area contributed by atoms with Crippen LogP contribution in [0.25, 0.3) is 11.0 Å². The van der Waals surface area contributed by atoms with Gasteiger partial charge in [-0.3, -0.25) is 19.2 Å². The van der Waals surface area contributed by atoms with E-state index in [9.17, 15) is 24.0 Å². The Bertz CT molecular complexity index is 1360. The number of fused-ring (bicyclic) bond motifs is 3. The van der Waals surface area contributed by atoms with Crippen LogP contribution in [-0.2, 0) is 55.7 Å². The van der Waals surface area contributed by atoms with Gasteiger partial charge in [0.25, 0.3) is 0 Å². The number of rotatable bonds is 7. The minimum absolute atomic E-state index is 0.240. The summed E-state index contributed by atoms with van der Waals surface area (Å²) in [5.74, 6) is -2.62. The zero-order valence-corrected chi connectivity index (χ0v) is 22.3. The molecule has 2 aromatic rings. The normalized spacial score (nSPS) is 24.0. The third-order valence-corrected chi connectivity index (χ3v) is 6.53. The van der Waals surface area contributed by atoms with E-state index in [1.165, 1.54) is 6.92 Å². The summed E-state index contributed by atoms with van der Waals surface area (Å²) in [4.78, 5) is 60.1. The second kappa shape index (κ2) is 11.4. The van der Waals surface area contributed by atoms with Crippen molar-refractivity contribution in [1.82, 2.24) is 0 Å². The van der Waals surface area contributed by atoms with Crippen LogP contribution < -0.4 is 10.4 Å². The van der Waals surface area contributed by atoms with E-state index in [0.717, 1.165) is 44.6 Å². The maximum Gasteiger partial charge on any atom is 0.339 e. The molecule has 1 saturated heterocycles. The van der Waals surface area contributed by atoms with Crippen LogP contribution >= 0.6 is 0 Å². The lowest BCUT2D eigenvalue weighted by atomic mass is 9.98. The standard InChI is InChI=1S/C27H30O12/c1-12-20(10-9-18-17-7-6-8-19(17)26(32)39-22(12)18)37-27-25(36-16(5)31)24(35-15(4)30)23(34-14(3)29)21(38-27)11-33-13(2)28/h9-10,21,23-25,27H,6-8,11H2,1-5H3/t21-,23+,24+,25-,27-/m1/s1.